The van der Waals surface area contributed by atoms with Crippen LogP contribution in [0, 0.1) is 0 Å². The highest BCUT2D eigenvalue weighted by atomic mass is 35.5. The number of amides is 4. The number of likely N-dealkylation sites (N-methyl/N-ethyl adjacent to an activating group) is 1. The van der Waals surface area contributed by atoms with E-state index < -0.39 is 18.1 Å². The van der Waals surface area contributed by atoms with Gasteiger partial charge in [0.1, 0.15) is 12.1 Å². The standard InChI is InChI=1S/C32H41N5O4.ClH/c1-21(33-2)30(39)35-27-20-36(29(38)19-22-9-4-3-5-10-22)18-17-24-15-16-28(37(24)32(27)41)31(40)34-26-14-8-12-23-11-6-7-13-25(23)26;/h3-7,9-11,13,21,24,26-28,33H,8,12,14-20H2,1-2H3,(H,34,40)(H,35,39);1H/t21-,24+,26?,27-,28-;/m0./s1. The largest absolute Gasteiger partial charge is 0.347 e. The molecule has 3 N–H and O–H groups in total. The van der Waals surface area contributed by atoms with Gasteiger partial charge in [-0.15, -0.1) is 12.4 Å². The first-order valence-electron chi connectivity index (χ1n) is 14.9. The smallest absolute Gasteiger partial charge is 0.247 e. The van der Waals surface area contributed by atoms with Gasteiger partial charge in [-0.1, -0.05) is 54.6 Å². The van der Waals surface area contributed by atoms with E-state index in [9.17, 15) is 19.2 Å². The zero-order valence-electron chi connectivity index (χ0n) is 24.4. The predicted octanol–water partition coefficient (Wildman–Crippen LogP) is 2.53. The molecule has 0 saturated carbocycles. The number of nitrogens with zero attached hydrogens (tertiary/aromatic N) is 2. The molecule has 0 spiro atoms. The number of rotatable bonds is 7. The predicted molar refractivity (Wildman–Crippen MR) is 163 cm³/mol. The summed E-state index contributed by atoms with van der Waals surface area (Å²) in [7, 11) is 1.68. The highest BCUT2D eigenvalue weighted by Gasteiger charge is 2.46. The van der Waals surface area contributed by atoms with E-state index in [0.29, 0.717) is 25.8 Å². The summed E-state index contributed by atoms with van der Waals surface area (Å²) in [5, 5.41) is 9.04. The third-order valence-corrected chi connectivity index (χ3v) is 8.87. The van der Waals surface area contributed by atoms with Crippen molar-refractivity contribution in [2.75, 3.05) is 20.1 Å². The van der Waals surface area contributed by atoms with Crippen LogP contribution in [-0.4, -0.2) is 77.7 Å². The van der Waals surface area contributed by atoms with Crippen molar-refractivity contribution >= 4 is 36.0 Å². The summed E-state index contributed by atoms with van der Waals surface area (Å²) in [6.45, 7) is 2.25. The Morgan fingerprint density at radius 1 is 0.929 bits per heavy atom. The van der Waals surface area contributed by atoms with Gasteiger partial charge < -0.3 is 25.8 Å². The summed E-state index contributed by atoms with van der Waals surface area (Å²) >= 11 is 0. The zero-order valence-corrected chi connectivity index (χ0v) is 25.2. The number of benzene rings is 2. The highest BCUT2D eigenvalue weighted by molar-refractivity contribution is 5.94. The van der Waals surface area contributed by atoms with Crippen LogP contribution in [0.3, 0.4) is 0 Å². The maximum absolute atomic E-state index is 14.1. The lowest BCUT2D eigenvalue weighted by molar-refractivity contribution is -0.147. The van der Waals surface area contributed by atoms with E-state index in [4.69, 9.17) is 0 Å². The molecule has 2 heterocycles. The summed E-state index contributed by atoms with van der Waals surface area (Å²) < 4.78 is 0. The summed E-state index contributed by atoms with van der Waals surface area (Å²) in [4.78, 5) is 57.5. The maximum atomic E-state index is 14.1. The monoisotopic (exact) mass is 595 g/mol. The van der Waals surface area contributed by atoms with E-state index in [1.54, 1.807) is 23.8 Å². The summed E-state index contributed by atoms with van der Waals surface area (Å²) in [6, 6.07) is 15.4. The summed E-state index contributed by atoms with van der Waals surface area (Å²) in [6.07, 6.45) is 4.93. The van der Waals surface area contributed by atoms with Crippen molar-refractivity contribution in [3.63, 3.8) is 0 Å². The molecule has 42 heavy (non-hydrogen) atoms. The quantitative estimate of drug-likeness (QED) is 0.456. The van der Waals surface area contributed by atoms with E-state index in [-0.39, 0.29) is 61.1 Å². The molecule has 2 fully saturated rings. The van der Waals surface area contributed by atoms with Gasteiger partial charge in [-0.05, 0) is 69.2 Å². The molecule has 0 radical (unpaired) electrons. The van der Waals surface area contributed by atoms with Gasteiger partial charge in [0.25, 0.3) is 0 Å². The SMILES string of the molecule is CN[C@@H](C)C(=O)N[C@H]1CN(C(=O)Cc2ccccc2)CC[C@H]2CC[C@@H](C(=O)NC3CCCc4ccccc43)N2C1=O.Cl. The molecule has 5 atom stereocenters. The van der Waals surface area contributed by atoms with Gasteiger partial charge in [-0.25, -0.2) is 0 Å². The Hall–Kier alpha value is -3.43. The average molecular weight is 596 g/mol. The van der Waals surface area contributed by atoms with Crippen molar-refractivity contribution in [1.82, 2.24) is 25.8 Å². The molecule has 2 aliphatic heterocycles. The number of carbonyl (C=O) groups excluding carboxylic acids is 4. The van der Waals surface area contributed by atoms with E-state index >= 15 is 0 Å². The third kappa shape index (κ3) is 6.95. The van der Waals surface area contributed by atoms with Crippen LogP contribution in [0.2, 0.25) is 0 Å². The van der Waals surface area contributed by atoms with E-state index in [1.807, 2.05) is 42.5 Å². The second kappa shape index (κ2) is 14.2. The van der Waals surface area contributed by atoms with E-state index in [2.05, 4.69) is 28.1 Å². The van der Waals surface area contributed by atoms with Crippen molar-refractivity contribution in [1.29, 1.82) is 0 Å². The minimum atomic E-state index is -0.940. The van der Waals surface area contributed by atoms with Crippen LogP contribution in [0.5, 0.6) is 0 Å². The van der Waals surface area contributed by atoms with Crippen LogP contribution < -0.4 is 16.0 Å². The number of fused-ring (bicyclic) bond motifs is 2. The number of hydrogen-bond donors (Lipinski definition) is 3. The molecule has 3 aliphatic rings. The van der Waals surface area contributed by atoms with Gasteiger partial charge in [0.05, 0.1) is 18.5 Å². The van der Waals surface area contributed by atoms with Crippen LogP contribution >= 0.6 is 12.4 Å². The molecule has 0 aromatic heterocycles. The Labute approximate surface area is 254 Å². The summed E-state index contributed by atoms with van der Waals surface area (Å²) in [5.41, 5.74) is 3.32. The molecule has 1 aliphatic carbocycles. The van der Waals surface area contributed by atoms with Gasteiger partial charge in [-0.3, -0.25) is 19.2 Å². The fourth-order valence-corrected chi connectivity index (χ4v) is 6.45. The number of carbonyl (C=O) groups is 4. The number of halogens is 1. The normalized spacial score (nSPS) is 24.3. The van der Waals surface area contributed by atoms with Crippen LogP contribution in [0.4, 0.5) is 0 Å². The molecule has 4 amide bonds. The molecular weight excluding hydrogens is 554 g/mol. The molecule has 226 valence electrons. The molecule has 2 aromatic rings. The molecule has 2 aromatic carbocycles. The van der Waals surface area contributed by atoms with Crippen molar-refractivity contribution in [3.8, 4) is 0 Å². The Bertz CT molecular complexity index is 1270. The van der Waals surface area contributed by atoms with Gasteiger partial charge in [0, 0.05) is 19.1 Å². The van der Waals surface area contributed by atoms with Gasteiger partial charge in [-0.2, -0.15) is 0 Å². The third-order valence-electron chi connectivity index (χ3n) is 8.87. The van der Waals surface area contributed by atoms with Crippen LogP contribution in [0.25, 0.3) is 0 Å². The first kappa shape index (κ1) is 31.5. The lowest BCUT2D eigenvalue weighted by Crippen LogP contribution is -2.62. The Kier molecular flexibility index (Phi) is 10.6. The lowest BCUT2D eigenvalue weighted by atomic mass is 9.87. The topological polar surface area (TPSA) is 111 Å². The van der Waals surface area contributed by atoms with Crippen LogP contribution in [0.15, 0.2) is 54.6 Å². The number of hydrogen-bond acceptors (Lipinski definition) is 5. The fraction of sp³-hybridized carbons (Fsp3) is 0.500. The second-order valence-corrected chi connectivity index (χ2v) is 11.5. The van der Waals surface area contributed by atoms with Gasteiger partial charge >= 0.3 is 0 Å². The molecule has 9 nitrogen and oxygen atoms in total. The zero-order chi connectivity index (χ0) is 28.9. The number of aryl methyl sites for hydroxylation is 1. The Balaban J connectivity index is 0.00000405. The van der Waals surface area contributed by atoms with Crippen molar-refractivity contribution in [3.05, 3.63) is 71.3 Å². The minimum absolute atomic E-state index is 0. The Morgan fingerprint density at radius 2 is 1.67 bits per heavy atom. The van der Waals surface area contributed by atoms with Crippen molar-refractivity contribution in [2.24, 2.45) is 0 Å². The molecule has 10 heteroatoms. The number of nitrogens with one attached hydrogen (secondary N) is 3. The van der Waals surface area contributed by atoms with Crippen LogP contribution in [0.1, 0.15) is 61.8 Å². The van der Waals surface area contributed by atoms with Gasteiger partial charge in [0.2, 0.25) is 23.6 Å². The Morgan fingerprint density at radius 3 is 2.43 bits per heavy atom. The highest BCUT2D eigenvalue weighted by Crippen LogP contribution is 2.33. The minimum Gasteiger partial charge on any atom is -0.347 e. The van der Waals surface area contributed by atoms with Crippen molar-refractivity contribution < 1.29 is 19.2 Å². The fourth-order valence-electron chi connectivity index (χ4n) is 6.45. The maximum Gasteiger partial charge on any atom is 0.247 e. The first-order valence-corrected chi connectivity index (χ1v) is 14.9. The van der Waals surface area contributed by atoms with E-state index in [0.717, 1.165) is 30.4 Å². The van der Waals surface area contributed by atoms with Gasteiger partial charge in [0.15, 0.2) is 0 Å². The first-order chi connectivity index (χ1) is 19.9. The van der Waals surface area contributed by atoms with E-state index in [1.165, 1.54) is 5.56 Å². The molecule has 1 unspecified atom stereocenters. The average Bonchev–Trinajstić information content (AvgIpc) is 3.41. The van der Waals surface area contributed by atoms with Crippen LogP contribution in [-0.2, 0) is 32.0 Å². The molecule has 5 rings (SSSR count). The molecule has 0 bridgehead atoms. The molecule has 2 saturated heterocycles. The van der Waals surface area contributed by atoms with Crippen molar-refractivity contribution in [2.45, 2.75) is 82.1 Å². The summed E-state index contributed by atoms with van der Waals surface area (Å²) in [5.74, 6) is -0.849. The second-order valence-electron chi connectivity index (χ2n) is 11.5. The lowest BCUT2D eigenvalue weighted by Gasteiger charge is -2.39. The molecular formula is C32H42ClN5O4.